The molecule has 0 saturated carbocycles. The molecule has 40 heavy (non-hydrogen) atoms. The first kappa shape index (κ1) is 28.9. The van der Waals surface area contributed by atoms with Crippen LogP contribution in [0.5, 0.6) is 5.75 Å². The van der Waals surface area contributed by atoms with Crippen molar-refractivity contribution in [2.24, 2.45) is 5.92 Å². The lowest BCUT2D eigenvalue weighted by atomic mass is 9.95. The highest BCUT2D eigenvalue weighted by Crippen LogP contribution is 2.21. The Morgan fingerprint density at radius 1 is 0.975 bits per heavy atom. The molecule has 11 heteroatoms. The third-order valence-corrected chi connectivity index (χ3v) is 7.37. The minimum Gasteiger partial charge on any atom is -0.497 e. The lowest BCUT2D eigenvalue weighted by Gasteiger charge is -2.42. The minimum absolute atomic E-state index is 0.00234. The standard InChI is InChI=1S/C29H37N5O6/c1-39-23-10-8-20(9-11-23)18-24(28(37)40-2)32-26(35)25-19-33(29(38)31-22-6-4-3-5-7-22)16-17-34(25)27(36)21-12-14-30-15-13-21/h3-11,21,24-25,30H,12-19H2,1-2H3,(H,31,38)(H,32,35)/t24-,25+/m0/s1. The first-order chi connectivity index (χ1) is 19.4. The number of ether oxygens (including phenoxy) is 2. The normalized spacial score (nSPS) is 18.4. The largest absolute Gasteiger partial charge is 0.497 e. The minimum atomic E-state index is -0.977. The second-order valence-corrected chi connectivity index (χ2v) is 9.95. The monoisotopic (exact) mass is 551 g/mol. The third-order valence-electron chi connectivity index (χ3n) is 7.37. The average Bonchev–Trinajstić information content (AvgIpc) is 3.00. The van der Waals surface area contributed by atoms with Crippen LogP contribution in [0.4, 0.5) is 10.5 Å². The number of rotatable bonds is 8. The highest BCUT2D eigenvalue weighted by molar-refractivity contribution is 5.94. The molecule has 4 rings (SSSR count). The Hall–Kier alpha value is -4.12. The van der Waals surface area contributed by atoms with Gasteiger partial charge in [0.25, 0.3) is 0 Å². The molecule has 2 heterocycles. The number of nitrogens with one attached hydrogen (secondary N) is 3. The number of urea groups is 1. The molecule has 0 aromatic heterocycles. The van der Waals surface area contributed by atoms with E-state index in [1.807, 2.05) is 30.3 Å². The topological polar surface area (TPSA) is 129 Å². The molecule has 2 aliphatic rings. The van der Waals surface area contributed by atoms with Crippen molar-refractivity contribution in [3.8, 4) is 5.75 Å². The molecule has 2 aliphatic heterocycles. The summed E-state index contributed by atoms with van der Waals surface area (Å²) in [6, 6.07) is 13.9. The number of benzene rings is 2. The maximum atomic E-state index is 13.7. The summed E-state index contributed by atoms with van der Waals surface area (Å²) in [6.45, 7) is 1.96. The predicted molar refractivity (Wildman–Crippen MR) is 149 cm³/mol. The molecule has 0 radical (unpaired) electrons. The molecule has 2 atom stereocenters. The van der Waals surface area contributed by atoms with Crippen LogP contribution in [0.3, 0.4) is 0 Å². The number of hydrogen-bond acceptors (Lipinski definition) is 7. The Kier molecular flexibility index (Phi) is 9.96. The second-order valence-electron chi connectivity index (χ2n) is 9.95. The van der Waals surface area contributed by atoms with Gasteiger partial charge in [0.05, 0.1) is 20.8 Å². The van der Waals surface area contributed by atoms with Crippen LogP contribution in [0, 0.1) is 5.92 Å². The van der Waals surface area contributed by atoms with Crippen LogP contribution in [0.2, 0.25) is 0 Å². The van der Waals surface area contributed by atoms with Gasteiger partial charge in [0.2, 0.25) is 11.8 Å². The summed E-state index contributed by atoms with van der Waals surface area (Å²) in [5.74, 6) is -0.740. The Bertz CT molecular complexity index is 1170. The average molecular weight is 552 g/mol. The molecule has 3 N–H and O–H groups in total. The van der Waals surface area contributed by atoms with E-state index in [0.717, 1.165) is 18.7 Å². The summed E-state index contributed by atoms with van der Waals surface area (Å²) in [4.78, 5) is 56.1. The van der Waals surface area contributed by atoms with Gasteiger partial charge in [-0.1, -0.05) is 30.3 Å². The Morgan fingerprint density at radius 2 is 1.68 bits per heavy atom. The number of piperazine rings is 1. The number of carbonyl (C=O) groups is 4. The number of anilines is 1. The summed E-state index contributed by atoms with van der Waals surface area (Å²) in [6.07, 6.45) is 1.56. The fraction of sp³-hybridized carbons (Fsp3) is 0.448. The molecule has 0 bridgehead atoms. The quantitative estimate of drug-likeness (QED) is 0.426. The van der Waals surface area contributed by atoms with Crippen LogP contribution in [0.1, 0.15) is 18.4 Å². The van der Waals surface area contributed by atoms with E-state index < -0.39 is 24.0 Å². The van der Waals surface area contributed by atoms with E-state index in [2.05, 4.69) is 16.0 Å². The maximum absolute atomic E-state index is 13.7. The number of amides is 4. The van der Waals surface area contributed by atoms with Crippen molar-refractivity contribution in [3.05, 3.63) is 60.2 Å². The zero-order valence-electron chi connectivity index (χ0n) is 22.9. The van der Waals surface area contributed by atoms with Crippen molar-refractivity contribution < 1.29 is 28.7 Å². The predicted octanol–water partition coefficient (Wildman–Crippen LogP) is 1.64. The van der Waals surface area contributed by atoms with Gasteiger partial charge in [-0.3, -0.25) is 9.59 Å². The zero-order chi connectivity index (χ0) is 28.5. The zero-order valence-corrected chi connectivity index (χ0v) is 22.9. The Labute approximate surface area is 234 Å². The fourth-order valence-electron chi connectivity index (χ4n) is 5.08. The van der Waals surface area contributed by atoms with E-state index in [1.165, 1.54) is 12.0 Å². The molecule has 214 valence electrons. The van der Waals surface area contributed by atoms with Crippen molar-refractivity contribution in [1.82, 2.24) is 20.4 Å². The van der Waals surface area contributed by atoms with Crippen molar-refractivity contribution in [1.29, 1.82) is 0 Å². The summed E-state index contributed by atoms with van der Waals surface area (Å²) in [7, 11) is 2.83. The van der Waals surface area contributed by atoms with Crippen molar-refractivity contribution >= 4 is 29.5 Å². The molecule has 0 aliphatic carbocycles. The summed E-state index contributed by atoms with van der Waals surface area (Å²) in [5, 5.41) is 8.91. The van der Waals surface area contributed by atoms with Gasteiger partial charge in [-0.25, -0.2) is 9.59 Å². The molecule has 0 spiro atoms. The lowest BCUT2D eigenvalue weighted by Crippen LogP contribution is -2.64. The van der Waals surface area contributed by atoms with Crippen LogP contribution in [0.25, 0.3) is 0 Å². The number of esters is 1. The first-order valence-electron chi connectivity index (χ1n) is 13.5. The summed E-state index contributed by atoms with van der Waals surface area (Å²) >= 11 is 0. The lowest BCUT2D eigenvalue weighted by molar-refractivity contribution is -0.149. The Morgan fingerprint density at radius 3 is 2.33 bits per heavy atom. The van der Waals surface area contributed by atoms with Gasteiger partial charge >= 0.3 is 12.0 Å². The number of nitrogens with zero attached hydrogens (tertiary/aromatic N) is 2. The van der Waals surface area contributed by atoms with Crippen molar-refractivity contribution in [2.75, 3.05) is 52.3 Å². The summed E-state index contributed by atoms with van der Waals surface area (Å²) in [5.41, 5.74) is 1.43. The van der Waals surface area contributed by atoms with E-state index in [9.17, 15) is 19.2 Å². The molecule has 2 fully saturated rings. The molecule has 11 nitrogen and oxygen atoms in total. The third kappa shape index (κ3) is 7.29. The van der Waals surface area contributed by atoms with Gasteiger partial charge in [0, 0.05) is 31.1 Å². The number of para-hydroxylation sites is 1. The molecular weight excluding hydrogens is 514 g/mol. The molecule has 2 aromatic carbocycles. The number of hydrogen-bond donors (Lipinski definition) is 3. The number of carbonyl (C=O) groups excluding carboxylic acids is 4. The number of methoxy groups -OCH3 is 2. The van der Waals surface area contributed by atoms with E-state index >= 15 is 0 Å². The van der Waals surface area contributed by atoms with Gasteiger partial charge in [0.1, 0.15) is 17.8 Å². The van der Waals surface area contributed by atoms with Crippen LogP contribution in [-0.2, 0) is 25.5 Å². The van der Waals surface area contributed by atoms with Crippen LogP contribution >= 0.6 is 0 Å². The molecule has 2 aromatic rings. The highest BCUT2D eigenvalue weighted by atomic mass is 16.5. The second kappa shape index (κ2) is 13.8. The van der Waals surface area contributed by atoms with Gasteiger partial charge in [-0.2, -0.15) is 0 Å². The van der Waals surface area contributed by atoms with Crippen molar-refractivity contribution in [2.45, 2.75) is 31.3 Å². The van der Waals surface area contributed by atoms with E-state index in [4.69, 9.17) is 9.47 Å². The summed E-state index contributed by atoms with van der Waals surface area (Å²) < 4.78 is 10.2. The molecule has 4 amide bonds. The van der Waals surface area contributed by atoms with Crippen LogP contribution in [0.15, 0.2) is 54.6 Å². The van der Waals surface area contributed by atoms with Gasteiger partial charge in [-0.05, 0) is 55.8 Å². The Balaban J connectivity index is 1.52. The van der Waals surface area contributed by atoms with E-state index in [-0.39, 0.29) is 43.9 Å². The molecule has 0 unspecified atom stereocenters. The van der Waals surface area contributed by atoms with Gasteiger partial charge in [0.15, 0.2) is 0 Å². The van der Waals surface area contributed by atoms with Crippen molar-refractivity contribution in [3.63, 3.8) is 0 Å². The first-order valence-corrected chi connectivity index (χ1v) is 13.5. The molecular formula is C29H37N5O6. The smallest absolute Gasteiger partial charge is 0.328 e. The fourth-order valence-corrected chi connectivity index (χ4v) is 5.08. The maximum Gasteiger partial charge on any atom is 0.328 e. The van der Waals surface area contributed by atoms with Gasteiger partial charge < -0.3 is 35.2 Å². The molecule has 2 saturated heterocycles. The van der Waals surface area contributed by atoms with E-state index in [0.29, 0.717) is 24.3 Å². The number of piperidine rings is 1. The van der Waals surface area contributed by atoms with Gasteiger partial charge in [-0.15, -0.1) is 0 Å². The SMILES string of the molecule is COC(=O)[C@H](Cc1ccc(OC)cc1)NC(=O)[C@H]1CN(C(=O)Nc2ccccc2)CCN1C(=O)C1CCNCC1. The highest BCUT2D eigenvalue weighted by Gasteiger charge is 2.40. The van der Waals surface area contributed by atoms with Crippen LogP contribution < -0.4 is 20.7 Å². The van der Waals surface area contributed by atoms with E-state index in [1.54, 1.807) is 36.3 Å². The van der Waals surface area contributed by atoms with Crippen LogP contribution in [-0.4, -0.2) is 92.6 Å².